The molecule has 2 aliphatic carbocycles. The van der Waals surface area contributed by atoms with E-state index in [1.165, 1.54) is 17.9 Å². The molecule has 1 saturated carbocycles. The first-order valence-corrected chi connectivity index (χ1v) is 24.6. The maximum absolute atomic E-state index is 14.7. The molecule has 18 heteroatoms. The highest BCUT2D eigenvalue weighted by Crippen LogP contribution is 2.32. The van der Waals surface area contributed by atoms with Crippen LogP contribution in [0.25, 0.3) is 5.76 Å². The normalized spacial score (nSPS) is 20.2. The summed E-state index contributed by atoms with van der Waals surface area (Å²) in [6.45, 7) is 8.20. The van der Waals surface area contributed by atoms with E-state index in [1.807, 2.05) is 55.5 Å². The van der Waals surface area contributed by atoms with Crippen LogP contribution < -0.4 is 30.7 Å². The van der Waals surface area contributed by atoms with E-state index in [0.717, 1.165) is 42.9 Å². The third kappa shape index (κ3) is 13.1. The standard InChI is InChI=1S/C51H59N5O12S/c1-31(2)66-46-27-39(20-22-44(46)58)69(63,64)55-50(61)48(33(4)13-11-23-65-37-18-10-12-32(3)24-37)54-49(60)43-26-38(30-56(43)47(59)29-52-51(62)68-36-16-8-9-17-36)67-45-28-41(34-14-6-5-7-15-34)53-42-25-35(57)19-21-40(42)45/h5-7,10-15,18-19,21,24-25,27,33,36,38,41,43,48,57-58H,1,8-9,16-17,20,22-23,26,28-30H2,2-4H3,(H,52,62)(H,54,60)(H,55,61)/b13-11-/t33?,38?,41-,43-,48?/m0/s1. The van der Waals surface area contributed by atoms with E-state index in [1.54, 1.807) is 37.3 Å². The fourth-order valence-corrected chi connectivity index (χ4v) is 9.89. The Morgan fingerprint density at radius 1 is 0.986 bits per heavy atom. The number of rotatable bonds is 18. The van der Waals surface area contributed by atoms with Gasteiger partial charge in [0.25, 0.3) is 15.9 Å². The highest BCUT2D eigenvalue weighted by atomic mass is 32.2. The fourth-order valence-electron chi connectivity index (χ4n) is 8.73. The van der Waals surface area contributed by atoms with E-state index in [-0.39, 0.29) is 72.5 Å². The van der Waals surface area contributed by atoms with Crippen LogP contribution >= 0.6 is 0 Å². The summed E-state index contributed by atoms with van der Waals surface area (Å²) < 4.78 is 53.2. The van der Waals surface area contributed by atoms with E-state index in [2.05, 4.69) is 21.9 Å². The van der Waals surface area contributed by atoms with E-state index < -0.39 is 64.5 Å². The topological polar surface area (TPSA) is 231 Å². The second-order valence-electron chi connectivity index (χ2n) is 17.7. The summed E-state index contributed by atoms with van der Waals surface area (Å²) in [7, 11) is -4.56. The Labute approximate surface area is 401 Å². The van der Waals surface area contributed by atoms with Crippen LogP contribution in [0.4, 0.5) is 4.79 Å². The van der Waals surface area contributed by atoms with Gasteiger partial charge in [-0.15, -0.1) is 0 Å². The Morgan fingerprint density at radius 2 is 1.75 bits per heavy atom. The third-order valence-electron chi connectivity index (χ3n) is 12.2. The van der Waals surface area contributed by atoms with Crippen molar-refractivity contribution in [2.45, 2.75) is 102 Å². The fraction of sp³-hybridized carbons (Fsp3) is 0.392. The van der Waals surface area contributed by atoms with Gasteiger partial charge in [-0.3, -0.25) is 19.4 Å². The lowest BCUT2D eigenvalue weighted by atomic mass is 9.99. The van der Waals surface area contributed by atoms with Crippen molar-refractivity contribution in [3.63, 3.8) is 0 Å². The Bertz CT molecular complexity index is 2770. The molecule has 69 heavy (non-hydrogen) atoms. The van der Waals surface area contributed by atoms with Gasteiger partial charge in [0.15, 0.2) is 5.76 Å². The number of benzene rings is 3. The molecule has 2 heterocycles. The quantitative estimate of drug-likeness (QED) is 0.0794. The highest BCUT2D eigenvalue weighted by Gasteiger charge is 2.43. The van der Waals surface area contributed by atoms with Gasteiger partial charge in [0.2, 0.25) is 11.8 Å². The number of fused-ring (bicyclic) bond motifs is 1. The number of aryl methyl sites for hydroxylation is 1. The summed E-state index contributed by atoms with van der Waals surface area (Å²) in [5.74, 6) is -2.29. The second kappa shape index (κ2) is 22.4. The number of amides is 4. The van der Waals surface area contributed by atoms with Crippen LogP contribution in [0.1, 0.15) is 82.4 Å². The lowest BCUT2D eigenvalue weighted by Crippen LogP contribution is -2.56. The first-order chi connectivity index (χ1) is 33.0. The predicted molar refractivity (Wildman–Crippen MR) is 255 cm³/mol. The molecule has 4 aliphatic rings. The number of phenols is 1. The zero-order valence-corrected chi connectivity index (χ0v) is 39.7. The third-order valence-corrected chi connectivity index (χ3v) is 13.7. The van der Waals surface area contributed by atoms with Gasteiger partial charge >= 0.3 is 6.09 Å². The van der Waals surface area contributed by atoms with Crippen LogP contribution in [0.2, 0.25) is 0 Å². The number of allylic oxidation sites excluding steroid dienone is 4. The second-order valence-corrected chi connectivity index (χ2v) is 19.4. The molecule has 366 valence electrons. The number of carbonyl (C=O) groups excluding carboxylic acids is 4. The van der Waals surface area contributed by atoms with Crippen molar-refractivity contribution in [3.8, 4) is 11.5 Å². The van der Waals surface area contributed by atoms with Crippen molar-refractivity contribution in [1.29, 1.82) is 0 Å². The molecule has 1 saturated heterocycles. The first-order valence-electron chi connectivity index (χ1n) is 23.1. The van der Waals surface area contributed by atoms with Gasteiger partial charge in [-0.05, 0) is 81.3 Å². The Hall–Kier alpha value is -7.08. The van der Waals surface area contributed by atoms with Crippen LogP contribution in [0.5, 0.6) is 11.5 Å². The minimum Gasteiger partial charge on any atom is -0.508 e. The number of aromatic hydroxyl groups is 1. The summed E-state index contributed by atoms with van der Waals surface area (Å²) in [6.07, 6.45) is 5.93. The van der Waals surface area contributed by atoms with Gasteiger partial charge in [0, 0.05) is 42.5 Å². The number of aliphatic hydroxyl groups is 1. The molecule has 3 unspecified atom stereocenters. The minimum absolute atomic E-state index is 0.0151. The molecule has 2 aliphatic heterocycles. The van der Waals surface area contributed by atoms with Crippen LogP contribution in [-0.4, -0.2) is 91.3 Å². The van der Waals surface area contributed by atoms with E-state index >= 15 is 0 Å². The van der Waals surface area contributed by atoms with Crippen LogP contribution in [0, 0.1) is 12.8 Å². The molecule has 0 aromatic heterocycles. The zero-order chi connectivity index (χ0) is 49.2. The molecule has 5 atom stereocenters. The largest absolute Gasteiger partial charge is 0.508 e. The molecule has 3 aromatic rings. The van der Waals surface area contributed by atoms with E-state index in [0.29, 0.717) is 28.5 Å². The minimum atomic E-state index is -4.56. The number of carbonyl (C=O) groups is 4. The number of phenolic OH excluding ortho intramolecular Hbond substituents is 1. The Balaban J connectivity index is 1.15. The van der Waals surface area contributed by atoms with Crippen molar-refractivity contribution in [1.82, 2.24) is 20.3 Å². The molecule has 5 N–H and O–H groups in total. The zero-order valence-electron chi connectivity index (χ0n) is 38.9. The molecule has 4 amide bonds. The maximum Gasteiger partial charge on any atom is 0.407 e. The van der Waals surface area contributed by atoms with Crippen molar-refractivity contribution in [2.75, 3.05) is 19.7 Å². The lowest BCUT2D eigenvalue weighted by molar-refractivity contribution is -0.139. The van der Waals surface area contributed by atoms with Gasteiger partial charge in [0.05, 0.1) is 28.6 Å². The van der Waals surface area contributed by atoms with Crippen molar-refractivity contribution in [3.05, 3.63) is 141 Å². The number of hydrogen-bond donors (Lipinski definition) is 5. The van der Waals surface area contributed by atoms with Crippen LogP contribution in [-0.2, 0) is 38.6 Å². The first kappa shape index (κ1) is 49.8. The molecule has 0 radical (unpaired) electrons. The number of likely N-dealkylation sites (tertiary alicyclic amines) is 1. The molecule has 0 bridgehead atoms. The molecular weight excluding hydrogens is 907 g/mol. The van der Waals surface area contributed by atoms with Gasteiger partial charge in [-0.1, -0.05) is 68.1 Å². The number of nitrogens with zero attached hydrogens (tertiary/aromatic N) is 2. The van der Waals surface area contributed by atoms with Crippen LogP contribution in [0.3, 0.4) is 0 Å². The summed E-state index contributed by atoms with van der Waals surface area (Å²) in [5.41, 5.74) is 1.90. The number of ether oxygens (including phenoxy) is 4. The summed E-state index contributed by atoms with van der Waals surface area (Å²) >= 11 is 0. The average molecular weight is 966 g/mol. The summed E-state index contributed by atoms with van der Waals surface area (Å²) in [6, 6.07) is 18.6. The molecule has 7 rings (SSSR count). The maximum atomic E-state index is 14.7. The molecule has 2 fully saturated rings. The van der Waals surface area contributed by atoms with E-state index in [9.17, 15) is 37.8 Å². The Morgan fingerprint density at radius 3 is 2.49 bits per heavy atom. The Kier molecular flexibility index (Phi) is 16.1. The van der Waals surface area contributed by atoms with Crippen molar-refractivity contribution in [2.24, 2.45) is 10.9 Å². The number of sulfonamides is 1. The van der Waals surface area contributed by atoms with Crippen molar-refractivity contribution >= 4 is 39.6 Å². The summed E-state index contributed by atoms with van der Waals surface area (Å²) in [5, 5.41) is 27.2. The van der Waals surface area contributed by atoms with Gasteiger partial charge in [-0.2, -0.15) is 0 Å². The summed E-state index contributed by atoms with van der Waals surface area (Å²) in [4.78, 5) is 61.7. The predicted octanol–water partition coefficient (Wildman–Crippen LogP) is 5.43. The number of alkyl carbamates (subject to hydrolysis) is 1. The number of hydrogen-bond acceptors (Lipinski definition) is 13. The number of aliphatic hydroxyl groups excluding tert-OH is 1. The lowest BCUT2D eigenvalue weighted by Gasteiger charge is -2.28. The van der Waals surface area contributed by atoms with E-state index in [4.69, 9.17) is 23.9 Å². The molecule has 17 nitrogen and oxygen atoms in total. The SMILES string of the molecule is C=C(C)OC1=C(O)CCC(S(=O)(=O)NC(=O)C(NC(=O)[C@@H]2CC(OC3=c4ccc(O)cc4=N[C@H](c4ccccc4)C3)CN2C(=O)CNC(=O)OC2CCCC2)C(C)/C=C\COc2cccc(C)c2)=C1. The monoisotopic (exact) mass is 965 g/mol. The molecular formula is C51H59N5O12S. The smallest absolute Gasteiger partial charge is 0.407 e. The van der Waals surface area contributed by atoms with Crippen molar-refractivity contribution < 1.29 is 56.8 Å². The highest BCUT2D eigenvalue weighted by molar-refractivity contribution is 7.93. The van der Waals surface area contributed by atoms with Gasteiger partial charge in [-0.25, -0.2) is 17.9 Å². The van der Waals surface area contributed by atoms with Gasteiger partial charge < -0.3 is 44.7 Å². The molecule has 0 spiro atoms. The van der Waals surface area contributed by atoms with Crippen LogP contribution in [0.15, 0.2) is 125 Å². The average Bonchev–Trinajstić information content (AvgIpc) is 3.99. The van der Waals surface area contributed by atoms with Gasteiger partial charge in [0.1, 0.15) is 60.5 Å². The molecule has 3 aromatic carbocycles. The number of nitrogens with one attached hydrogen (secondary N) is 3.